The van der Waals surface area contributed by atoms with Crippen LogP contribution in [0.25, 0.3) is 0 Å². The molecule has 0 saturated carbocycles. The van der Waals surface area contributed by atoms with Gasteiger partial charge in [0.05, 0.1) is 18.8 Å². The van der Waals surface area contributed by atoms with E-state index in [9.17, 15) is 4.79 Å². The smallest absolute Gasteiger partial charge is 0.241 e. The first-order chi connectivity index (χ1) is 11.7. The molecule has 1 N–H and O–H groups in total. The largest absolute Gasteiger partial charge is 0.497 e. The van der Waals surface area contributed by atoms with Gasteiger partial charge in [-0.1, -0.05) is 24.3 Å². The van der Waals surface area contributed by atoms with Gasteiger partial charge in [-0.3, -0.25) is 9.69 Å². The van der Waals surface area contributed by atoms with Crippen LogP contribution in [-0.4, -0.2) is 36.6 Å². The van der Waals surface area contributed by atoms with Crippen molar-refractivity contribution in [1.29, 1.82) is 0 Å². The summed E-state index contributed by atoms with van der Waals surface area (Å²) < 4.78 is 11.4. The van der Waals surface area contributed by atoms with Crippen molar-refractivity contribution >= 4 is 11.6 Å². The molecule has 5 nitrogen and oxygen atoms in total. The number of amides is 1. The van der Waals surface area contributed by atoms with Crippen molar-refractivity contribution in [2.24, 2.45) is 0 Å². The molecule has 2 heterocycles. The molecule has 2 aliphatic rings. The van der Waals surface area contributed by atoms with Crippen molar-refractivity contribution in [3.8, 4) is 11.5 Å². The number of anilines is 1. The number of benzene rings is 2. The van der Waals surface area contributed by atoms with E-state index in [4.69, 9.17) is 9.47 Å². The van der Waals surface area contributed by atoms with Gasteiger partial charge in [0.1, 0.15) is 17.6 Å². The molecule has 2 unspecified atom stereocenters. The van der Waals surface area contributed by atoms with Crippen LogP contribution in [0.4, 0.5) is 5.69 Å². The van der Waals surface area contributed by atoms with Crippen LogP contribution < -0.4 is 14.8 Å². The quantitative estimate of drug-likeness (QED) is 0.943. The summed E-state index contributed by atoms with van der Waals surface area (Å²) in [6.07, 6.45) is 0.747. The van der Waals surface area contributed by atoms with Crippen LogP contribution in [0.5, 0.6) is 11.5 Å². The van der Waals surface area contributed by atoms with E-state index in [0.717, 1.165) is 29.3 Å². The summed E-state index contributed by atoms with van der Waals surface area (Å²) >= 11 is 0. The van der Waals surface area contributed by atoms with Crippen molar-refractivity contribution in [3.05, 3.63) is 54.1 Å². The molecule has 2 bridgehead atoms. The Hall–Kier alpha value is -2.53. The normalized spacial score (nSPS) is 22.8. The zero-order valence-corrected chi connectivity index (χ0v) is 13.6. The summed E-state index contributed by atoms with van der Waals surface area (Å²) in [5.41, 5.74) is 1.88. The molecule has 2 aliphatic heterocycles. The van der Waals surface area contributed by atoms with Crippen LogP contribution in [-0.2, 0) is 11.3 Å². The van der Waals surface area contributed by atoms with Gasteiger partial charge in [-0.2, -0.15) is 0 Å². The van der Waals surface area contributed by atoms with E-state index in [1.807, 2.05) is 42.5 Å². The Morgan fingerprint density at radius 3 is 3.00 bits per heavy atom. The van der Waals surface area contributed by atoms with Crippen molar-refractivity contribution in [1.82, 2.24) is 4.90 Å². The Bertz CT molecular complexity index is 762. The summed E-state index contributed by atoms with van der Waals surface area (Å²) in [6.45, 7) is 1.44. The SMILES string of the molecule is COc1cccc(CN2CC3CC2C(=O)Nc2ccccc2O3)c1. The Labute approximate surface area is 141 Å². The number of carbonyl (C=O) groups excluding carboxylic acids is 1. The molecule has 24 heavy (non-hydrogen) atoms. The molecule has 0 aliphatic carbocycles. The third-order valence-electron chi connectivity index (χ3n) is 4.63. The van der Waals surface area contributed by atoms with Crippen molar-refractivity contribution < 1.29 is 14.3 Å². The minimum Gasteiger partial charge on any atom is -0.497 e. The van der Waals surface area contributed by atoms with Crippen LogP contribution in [0, 0.1) is 0 Å². The number of carbonyl (C=O) groups is 1. The lowest BCUT2D eigenvalue weighted by Crippen LogP contribution is -2.39. The lowest BCUT2D eigenvalue weighted by Gasteiger charge is -2.23. The van der Waals surface area contributed by atoms with E-state index in [1.54, 1.807) is 7.11 Å². The number of nitrogens with one attached hydrogen (secondary N) is 1. The number of hydrogen-bond acceptors (Lipinski definition) is 4. The van der Waals surface area contributed by atoms with Crippen LogP contribution in [0.1, 0.15) is 12.0 Å². The topological polar surface area (TPSA) is 50.8 Å². The van der Waals surface area contributed by atoms with Gasteiger partial charge >= 0.3 is 0 Å². The number of methoxy groups -OCH3 is 1. The Morgan fingerprint density at radius 2 is 2.12 bits per heavy atom. The molecular formula is C19H20N2O3. The molecule has 2 aromatic carbocycles. The van der Waals surface area contributed by atoms with E-state index < -0.39 is 0 Å². The maximum atomic E-state index is 12.7. The molecule has 0 aromatic heterocycles. The molecule has 1 amide bonds. The third kappa shape index (κ3) is 2.83. The van der Waals surface area contributed by atoms with Crippen molar-refractivity contribution in [2.45, 2.75) is 25.1 Å². The minimum absolute atomic E-state index is 0.0350. The molecule has 1 fully saturated rings. The molecular weight excluding hydrogens is 304 g/mol. The van der Waals surface area contributed by atoms with Crippen LogP contribution >= 0.6 is 0 Å². The minimum atomic E-state index is -0.172. The molecule has 0 spiro atoms. The second-order valence-corrected chi connectivity index (χ2v) is 6.26. The first kappa shape index (κ1) is 15.0. The van der Waals surface area contributed by atoms with E-state index in [2.05, 4.69) is 16.3 Å². The van der Waals surface area contributed by atoms with Gasteiger partial charge in [-0.25, -0.2) is 0 Å². The Morgan fingerprint density at radius 1 is 1.25 bits per heavy atom. The number of ether oxygens (including phenoxy) is 2. The van der Waals surface area contributed by atoms with Crippen LogP contribution in [0.2, 0.25) is 0 Å². The monoisotopic (exact) mass is 324 g/mol. The molecule has 124 valence electrons. The summed E-state index contributed by atoms with van der Waals surface area (Å²) in [4.78, 5) is 14.9. The van der Waals surface area contributed by atoms with Gasteiger partial charge in [0.15, 0.2) is 0 Å². The lowest BCUT2D eigenvalue weighted by atomic mass is 10.1. The maximum Gasteiger partial charge on any atom is 0.241 e. The van der Waals surface area contributed by atoms with E-state index in [0.29, 0.717) is 13.0 Å². The molecule has 5 heteroatoms. The van der Waals surface area contributed by atoms with Crippen LogP contribution in [0.15, 0.2) is 48.5 Å². The number of nitrogens with zero attached hydrogens (tertiary/aromatic N) is 1. The molecule has 2 aromatic rings. The van der Waals surface area contributed by atoms with Gasteiger partial charge < -0.3 is 14.8 Å². The van der Waals surface area contributed by atoms with Gasteiger partial charge in [-0.15, -0.1) is 0 Å². The van der Waals surface area contributed by atoms with Crippen LogP contribution in [0.3, 0.4) is 0 Å². The summed E-state index contributed by atoms with van der Waals surface area (Å²) in [6, 6.07) is 15.4. The molecule has 2 atom stereocenters. The average molecular weight is 324 g/mol. The first-order valence-electron chi connectivity index (χ1n) is 8.16. The standard InChI is InChI=1S/C19H20N2O3/c1-23-14-6-4-5-13(9-14)11-21-12-15-10-17(21)19(22)20-16-7-2-3-8-18(16)24-15/h2-9,15,17H,10-12H2,1H3,(H,20,22). The number of para-hydroxylation sites is 2. The fourth-order valence-electron chi connectivity index (χ4n) is 3.47. The Kier molecular flexibility index (Phi) is 3.86. The second kappa shape index (κ2) is 6.17. The predicted octanol–water partition coefficient (Wildman–Crippen LogP) is 2.67. The highest BCUT2D eigenvalue weighted by atomic mass is 16.5. The summed E-state index contributed by atoms with van der Waals surface area (Å²) in [5, 5.41) is 3.00. The van der Waals surface area contributed by atoms with E-state index >= 15 is 0 Å². The summed E-state index contributed by atoms with van der Waals surface area (Å²) in [7, 11) is 1.66. The Balaban J connectivity index is 1.56. The first-order valence-corrected chi connectivity index (χ1v) is 8.16. The zero-order valence-electron chi connectivity index (χ0n) is 13.6. The van der Waals surface area contributed by atoms with E-state index in [-0.39, 0.29) is 18.1 Å². The number of rotatable bonds is 3. The predicted molar refractivity (Wildman–Crippen MR) is 91.3 cm³/mol. The molecule has 1 saturated heterocycles. The number of likely N-dealkylation sites (tertiary alicyclic amines) is 1. The highest BCUT2D eigenvalue weighted by Gasteiger charge is 2.39. The molecule has 4 rings (SSSR count). The van der Waals surface area contributed by atoms with Gasteiger partial charge in [-0.05, 0) is 29.8 Å². The van der Waals surface area contributed by atoms with Crippen molar-refractivity contribution in [3.63, 3.8) is 0 Å². The summed E-state index contributed by atoms with van der Waals surface area (Å²) in [5.74, 6) is 1.62. The fraction of sp³-hybridized carbons (Fsp3) is 0.316. The fourth-order valence-corrected chi connectivity index (χ4v) is 3.47. The zero-order chi connectivity index (χ0) is 16.5. The van der Waals surface area contributed by atoms with Gasteiger partial charge in [0.2, 0.25) is 5.91 Å². The van der Waals surface area contributed by atoms with E-state index in [1.165, 1.54) is 0 Å². The van der Waals surface area contributed by atoms with Crippen molar-refractivity contribution in [2.75, 3.05) is 19.0 Å². The number of fused-ring (bicyclic) bond motifs is 3. The third-order valence-corrected chi connectivity index (χ3v) is 4.63. The highest BCUT2D eigenvalue weighted by molar-refractivity contribution is 5.96. The van der Waals surface area contributed by atoms with Gasteiger partial charge in [0.25, 0.3) is 0 Å². The second-order valence-electron chi connectivity index (χ2n) is 6.26. The average Bonchev–Trinajstić information content (AvgIpc) is 2.99. The highest BCUT2D eigenvalue weighted by Crippen LogP contribution is 2.33. The van der Waals surface area contributed by atoms with Gasteiger partial charge in [0, 0.05) is 19.5 Å². The molecule has 0 radical (unpaired) electrons. The maximum absolute atomic E-state index is 12.7. The lowest BCUT2D eigenvalue weighted by molar-refractivity contribution is -0.120. The number of hydrogen-bond donors (Lipinski definition) is 1.